The number of fused-ring (bicyclic) bond motifs is 1. The van der Waals surface area contributed by atoms with Crippen molar-refractivity contribution in [3.8, 4) is 0 Å². The lowest BCUT2D eigenvalue weighted by molar-refractivity contribution is 0.241. The van der Waals surface area contributed by atoms with Crippen molar-refractivity contribution in [2.45, 2.75) is 19.9 Å². The number of hydrogen-bond donors (Lipinski definition) is 2. The van der Waals surface area contributed by atoms with Crippen molar-refractivity contribution in [3.63, 3.8) is 0 Å². The lowest BCUT2D eigenvalue weighted by atomic mass is 10.4. The monoisotopic (exact) mass is 263 g/mol. The second-order valence-electron chi connectivity index (χ2n) is 4.07. The number of pyridine rings is 1. The molecule has 2 rings (SSSR count). The quantitative estimate of drug-likeness (QED) is 0.756. The summed E-state index contributed by atoms with van der Waals surface area (Å²) in [6.07, 6.45) is 2.34. The fourth-order valence-corrected chi connectivity index (χ4v) is 1.77. The second-order valence-corrected chi connectivity index (χ2v) is 4.07. The summed E-state index contributed by atoms with van der Waals surface area (Å²) in [5.41, 5.74) is 0.470. The van der Waals surface area contributed by atoms with Crippen LogP contribution in [-0.2, 0) is 6.54 Å². The predicted molar refractivity (Wildman–Crippen MR) is 71.1 cm³/mol. The van der Waals surface area contributed by atoms with E-state index < -0.39 is 0 Å². The topological polar surface area (TPSA) is 80.4 Å². The number of rotatable bonds is 5. The number of carbonyl (C=O) groups excluding carboxylic acids is 1. The minimum Gasteiger partial charge on any atom is -0.338 e. The molecule has 2 N–H and O–H groups in total. The summed E-state index contributed by atoms with van der Waals surface area (Å²) in [6, 6.07) is 5.22. The van der Waals surface area contributed by atoms with E-state index in [1.54, 1.807) is 18.3 Å². The Morgan fingerprint density at radius 1 is 1.37 bits per heavy atom. The van der Waals surface area contributed by atoms with Gasteiger partial charge in [0.25, 0.3) is 0 Å². The zero-order chi connectivity index (χ0) is 13.7. The third-order valence-electron chi connectivity index (χ3n) is 2.66. The van der Waals surface area contributed by atoms with E-state index in [4.69, 9.17) is 0 Å². The van der Waals surface area contributed by atoms with E-state index >= 15 is 0 Å². The molecule has 0 radical (unpaired) electrons. The van der Waals surface area contributed by atoms with E-state index in [1.807, 2.05) is 13.0 Å². The van der Waals surface area contributed by atoms with Crippen molar-refractivity contribution in [2.24, 2.45) is 0 Å². The van der Waals surface area contributed by atoms with Gasteiger partial charge in [-0.1, -0.05) is 6.07 Å². The highest BCUT2D eigenvalue weighted by atomic mass is 16.2. The summed E-state index contributed by atoms with van der Waals surface area (Å²) < 4.78 is 2.91. The zero-order valence-electron chi connectivity index (χ0n) is 10.8. The molecule has 7 heteroatoms. The van der Waals surface area contributed by atoms with Crippen molar-refractivity contribution < 1.29 is 4.79 Å². The molecule has 0 aromatic carbocycles. The number of hydrogen-bond acceptors (Lipinski definition) is 3. The van der Waals surface area contributed by atoms with E-state index in [9.17, 15) is 9.59 Å². The molecule has 0 saturated heterocycles. The molecule has 0 saturated carbocycles. The highest BCUT2D eigenvalue weighted by Gasteiger charge is 2.05. The highest BCUT2D eigenvalue weighted by Crippen LogP contribution is 1.95. The summed E-state index contributed by atoms with van der Waals surface area (Å²) in [5, 5.41) is 9.55. The molecule has 19 heavy (non-hydrogen) atoms. The number of carbonyl (C=O) groups is 1. The zero-order valence-corrected chi connectivity index (χ0v) is 10.8. The van der Waals surface area contributed by atoms with Crippen LogP contribution in [0.1, 0.15) is 13.3 Å². The summed E-state index contributed by atoms with van der Waals surface area (Å²) in [7, 11) is 0. The fourth-order valence-electron chi connectivity index (χ4n) is 1.77. The highest BCUT2D eigenvalue weighted by molar-refractivity contribution is 5.73. The Balaban J connectivity index is 1.90. The lowest BCUT2D eigenvalue weighted by Gasteiger charge is -2.04. The molecule has 0 fully saturated rings. The van der Waals surface area contributed by atoms with Gasteiger partial charge in [-0.2, -0.15) is 0 Å². The molecule has 2 aromatic rings. The maximum absolute atomic E-state index is 11.9. The van der Waals surface area contributed by atoms with Crippen LogP contribution in [0.25, 0.3) is 5.65 Å². The van der Waals surface area contributed by atoms with E-state index in [0.29, 0.717) is 31.7 Å². The van der Waals surface area contributed by atoms with Crippen molar-refractivity contribution >= 4 is 11.7 Å². The van der Waals surface area contributed by atoms with Crippen molar-refractivity contribution in [1.82, 2.24) is 24.8 Å². The third-order valence-corrected chi connectivity index (χ3v) is 2.66. The number of nitrogens with zero attached hydrogens (tertiary/aromatic N) is 3. The number of amides is 2. The first-order chi connectivity index (χ1) is 9.22. The van der Waals surface area contributed by atoms with Crippen LogP contribution in [-0.4, -0.2) is 33.3 Å². The predicted octanol–water partition coefficient (Wildman–Crippen LogP) is 0.205. The van der Waals surface area contributed by atoms with Gasteiger partial charge in [0.15, 0.2) is 5.65 Å². The number of urea groups is 1. The molecule has 0 atom stereocenters. The maximum atomic E-state index is 11.9. The summed E-state index contributed by atoms with van der Waals surface area (Å²) in [6.45, 7) is 3.44. The van der Waals surface area contributed by atoms with Gasteiger partial charge in [-0.05, 0) is 25.5 Å². The van der Waals surface area contributed by atoms with Gasteiger partial charge in [0.2, 0.25) is 0 Å². The van der Waals surface area contributed by atoms with E-state index in [-0.39, 0.29) is 11.7 Å². The molecule has 0 aliphatic heterocycles. The second kappa shape index (κ2) is 6.03. The van der Waals surface area contributed by atoms with Crippen molar-refractivity contribution in [2.75, 3.05) is 13.1 Å². The van der Waals surface area contributed by atoms with Crippen LogP contribution in [0.2, 0.25) is 0 Å². The largest absolute Gasteiger partial charge is 0.350 e. The molecule has 2 aromatic heterocycles. The smallest absolute Gasteiger partial charge is 0.338 e. The Hall–Kier alpha value is -2.31. The van der Waals surface area contributed by atoms with E-state index in [0.717, 1.165) is 0 Å². The van der Waals surface area contributed by atoms with Crippen LogP contribution in [0.4, 0.5) is 4.79 Å². The molecule has 0 spiro atoms. The Labute approximate surface area is 110 Å². The lowest BCUT2D eigenvalue weighted by Crippen LogP contribution is -2.36. The van der Waals surface area contributed by atoms with Gasteiger partial charge in [0, 0.05) is 25.8 Å². The first-order valence-corrected chi connectivity index (χ1v) is 6.28. The van der Waals surface area contributed by atoms with Gasteiger partial charge in [0.05, 0.1) is 0 Å². The summed E-state index contributed by atoms with van der Waals surface area (Å²) >= 11 is 0. The van der Waals surface area contributed by atoms with Gasteiger partial charge >= 0.3 is 11.7 Å². The molecule has 0 bridgehead atoms. The van der Waals surface area contributed by atoms with Crippen molar-refractivity contribution in [3.05, 3.63) is 34.9 Å². The Morgan fingerprint density at radius 3 is 2.95 bits per heavy atom. The minimum atomic E-state index is -0.190. The van der Waals surface area contributed by atoms with Gasteiger partial charge in [0.1, 0.15) is 0 Å². The fraction of sp³-hybridized carbons (Fsp3) is 0.417. The van der Waals surface area contributed by atoms with Crippen molar-refractivity contribution in [1.29, 1.82) is 0 Å². The van der Waals surface area contributed by atoms with E-state index in [2.05, 4.69) is 15.7 Å². The average Bonchev–Trinajstić information content (AvgIpc) is 2.73. The van der Waals surface area contributed by atoms with Crippen LogP contribution in [0, 0.1) is 0 Å². The molecular weight excluding hydrogens is 246 g/mol. The van der Waals surface area contributed by atoms with Gasteiger partial charge in [-0.15, -0.1) is 5.10 Å². The summed E-state index contributed by atoms with van der Waals surface area (Å²) in [4.78, 5) is 23.1. The van der Waals surface area contributed by atoms with Crippen LogP contribution >= 0.6 is 0 Å². The SMILES string of the molecule is CCNC(=O)NCCCn1nc2ccccn2c1=O. The normalized spacial score (nSPS) is 10.6. The third kappa shape index (κ3) is 3.12. The Bertz CT molecular complexity index is 616. The molecule has 102 valence electrons. The molecule has 2 heterocycles. The van der Waals surface area contributed by atoms with E-state index in [1.165, 1.54) is 9.08 Å². The van der Waals surface area contributed by atoms with Crippen LogP contribution in [0.5, 0.6) is 0 Å². The average molecular weight is 263 g/mol. The van der Waals surface area contributed by atoms with Gasteiger partial charge in [-0.3, -0.25) is 4.40 Å². The molecule has 0 aliphatic carbocycles. The molecule has 7 nitrogen and oxygen atoms in total. The van der Waals surface area contributed by atoms with Gasteiger partial charge in [-0.25, -0.2) is 14.3 Å². The standard InChI is InChI=1S/C12H17N5O2/c1-2-13-11(18)14-7-5-9-17-12(19)16-8-4-3-6-10(16)15-17/h3-4,6,8H,2,5,7,9H2,1H3,(H2,13,14,18). The first-order valence-electron chi connectivity index (χ1n) is 6.28. The summed E-state index contributed by atoms with van der Waals surface area (Å²) in [5.74, 6) is 0. The van der Waals surface area contributed by atoms with Crippen LogP contribution < -0.4 is 16.3 Å². The maximum Gasteiger partial charge on any atom is 0.350 e. The van der Waals surface area contributed by atoms with Gasteiger partial charge < -0.3 is 10.6 Å². The first kappa shape index (κ1) is 13.1. The van der Waals surface area contributed by atoms with Crippen LogP contribution in [0.3, 0.4) is 0 Å². The Kier molecular flexibility index (Phi) is 4.17. The molecule has 2 amide bonds. The van der Waals surface area contributed by atoms with Crippen LogP contribution in [0.15, 0.2) is 29.2 Å². The molecule has 0 aliphatic rings. The molecular formula is C12H17N5O2. The number of nitrogens with one attached hydrogen (secondary N) is 2. The molecule has 0 unspecified atom stereocenters. The number of aryl methyl sites for hydroxylation is 1. The Morgan fingerprint density at radius 2 is 2.21 bits per heavy atom. The number of aromatic nitrogens is 3. The minimum absolute atomic E-state index is 0.159.